The third-order valence-corrected chi connectivity index (χ3v) is 9.25. The Bertz CT molecular complexity index is 1020. The summed E-state index contributed by atoms with van der Waals surface area (Å²) in [7, 11) is -1.10. The maximum absolute atomic E-state index is 6.11. The first-order chi connectivity index (χ1) is 16.5. The molecule has 2 heterocycles. The van der Waals surface area contributed by atoms with Crippen molar-refractivity contribution in [2.75, 3.05) is 32.3 Å². The molecule has 0 aromatic heterocycles. The molecule has 0 radical (unpaired) electrons. The van der Waals surface area contributed by atoms with Crippen LogP contribution in [0, 0.1) is 0 Å². The molecule has 0 spiro atoms. The Labute approximate surface area is 209 Å². The maximum atomic E-state index is 6.11. The molecule has 4 rings (SSSR count). The molecule has 184 valence electrons. The Kier molecular flexibility index (Phi) is 9.11. The molecule has 1 unspecified atom stereocenters. The molecule has 2 aliphatic heterocycles. The number of ether oxygens (including phenoxy) is 3. The first-order valence-corrected chi connectivity index (χ1v) is 17.1. The van der Waals surface area contributed by atoms with Crippen molar-refractivity contribution in [3.63, 3.8) is 0 Å². The fraction of sp³-hybridized carbons (Fsp3) is 0.519. The van der Waals surface area contributed by atoms with Crippen molar-refractivity contribution in [2.24, 2.45) is 4.99 Å². The van der Waals surface area contributed by atoms with Gasteiger partial charge in [0, 0.05) is 56.4 Å². The molecule has 0 saturated carbocycles. The third-order valence-electron chi connectivity index (χ3n) is 6.11. The van der Waals surface area contributed by atoms with Crippen LogP contribution >= 0.6 is 11.8 Å². The molecule has 7 heteroatoms. The van der Waals surface area contributed by atoms with E-state index in [1.165, 1.54) is 6.04 Å². The molecule has 2 aliphatic rings. The lowest BCUT2D eigenvalue weighted by Crippen LogP contribution is -2.44. The van der Waals surface area contributed by atoms with Crippen LogP contribution in [0.1, 0.15) is 18.4 Å². The summed E-state index contributed by atoms with van der Waals surface area (Å²) in [6, 6.07) is 17.7. The van der Waals surface area contributed by atoms with Crippen molar-refractivity contribution in [3.05, 3.63) is 64.7 Å². The normalized spacial score (nSPS) is 18.7. The second-order valence-electron chi connectivity index (χ2n) is 10.2. The van der Waals surface area contributed by atoms with E-state index < -0.39 is 8.07 Å². The molecule has 1 fully saturated rings. The smallest absolute Gasteiger partial charge is 0.132 e. The lowest BCUT2D eigenvalue weighted by Gasteiger charge is -2.31. The fourth-order valence-corrected chi connectivity index (χ4v) is 5.94. The van der Waals surface area contributed by atoms with Crippen LogP contribution in [0.4, 0.5) is 0 Å². The summed E-state index contributed by atoms with van der Waals surface area (Å²) in [4.78, 5) is 7.41. The lowest BCUT2D eigenvalue weighted by molar-refractivity contribution is 0.0546. The Morgan fingerprint density at radius 2 is 1.88 bits per heavy atom. The van der Waals surface area contributed by atoms with Gasteiger partial charge in [-0.2, -0.15) is 11.8 Å². The lowest BCUT2D eigenvalue weighted by atomic mass is 10.2. The van der Waals surface area contributed by atoms with Gasteiger partial charge < -0.3 is 19.1 Å². The molecule has 1 atom stereocenters. The molecule has 2 aromatic carbocycles. The van der Waals surface area contributed by atoms with Crippen LogP contribution in [0.5, 0.6) is 5.75 Å². The molecule has 5 nitrogen and oxygen atoms in total. The van der Waals surface area contributed by atoms with Crippen LogP contribution in [0.15, 0.2) is 53.5 Å². The van der Waals surface area contributed by atoms with Crippen molar-refractivity contribution in [3.8, 4) is 5.75 Å². The number of rotatable bonds is 11. The minimum atomic E-state index is -1.10. The van der Waals surface area contributed by atoms with Gasteiger partial charge >= 0.3 is 0 Å². The number of hydrogen-bond acceptors (Lipinski definition) is 6. The number of thioether (sulfide) groups is 1. The Morgan fingerprint density at radius 1 is 1.09 bits per heavy atom. The molecule has 2 aromatic rings. The summed E-state index contributed by atoms with van der Waals surface area (Å²) >= 11 is 2.02. The summed E-state index contributed by atoms with van der Waals surface area (Å²) in [6.07, 6.45) is 4.54. The van der Waals surface area contributed by atoms with Crippen LogP contribution in [0.2, 0.25) is 25.7 Å². The predicted molar refractivity (Wildman–Crippen MR) is 143 cm³/mol. The van der Waals surface area contributed by atoms with Gasteiger partial charge in [-0.1, -0.05) is 50.0 Å². The van der Waals surface area contributed by atoms with E-state index in [0.717, 1.165) is 60.3 Å². The molecule has 0 N–H and O–H groups in total. The zero-order valence-electron chi connectivity index (χ0n) is 20.7. The standard InChI is InChI=1S/C27H38N2O3SSi/c1-34(2,3)16-15-31-21-29-18-23-9-10-24(32-19-22-7-5-4-6-8-22)17-26(23)28-27(29)20-33-25-11-13-30-14-12-25/h4-10,17-18,25,27H,11-16,19-21H2,1-3H3. The van der Waals surface area contributed by atoms with E-state index in [2.05, 4.69) is 55.0 Å². The molecular weight excluding hydrogens is 460 g/mol. The third kappa shape index (κ3) is 7.87. The van der Waals surface area contributed by atoms with E-state index in [0.29, 0.717) is 18.6 Å². The summed E-state index contributed by atoms with van der Waals surface area (Å²) in [6.45, 7) is 10.9. The van der Waals surface area contributed by atoms with Crippen LogP contribution < -0.4 is 15.3 Å². The molecular formula is C27H38N2O3SSi. The van der Waals surface area contributed by atoms with Crippen molar-refractivity contribution < 1.29 is 14.2 Å². The monoisotopic (exact) mass is 498 g/mol. The number of nitrogens with zero attached hydrogens (tertiary/aromatic N) is 2. The van der Waals surface area contributed by atoms with E-state index in [-0.39, 0.29) is 6.17 Å². The fourth-order valence-electron chi connectivity index (χ4n) is 3.94. The Hall–Kier alpha value is -1.80. The van der Waals surface area contributed by atoms with Crippen molar-refractivity contribution in [1.29, 1.82) is 0 Å². The first kappa shape index (κ1) is 25.3. The largest absolute Gasteiger partial charge is 0.489 e. The molecule has 0 amide bonds. The number of hydrogen-bond donors (Lipinski definition) is 0. The van der Waals surface area contributed by atoms with Gasteiger partial charge in [-0.25, -0.2) is 0 Å². The highest BCUT2D eigenvalue weighted by atomic mass is 32.2. The van der Waals surface area contributed by atoms with E-state index in [9.17, 15) is 0 Å². The van der Waals surface area contributed by atoms with Gasteiger partial charge in [0.1, 0.15) is 25.3 Å². The van der Waals surface area contributed by atoms with Gasteiger partial charge in [0.25, 0.3) is 0 Å². The molecule has 1 saturated heterocycles. The topological polar surface area (TPSA) is 43.3 Å². The second-order valence-corrected chi connectivity index (χ2v) is 17.2. The van der Waals surface area contributed by atoms with Crippen LogP contribution in [0.3, 0.4) is 0 Å². The zero-order valence-corrected chi connectivity index (χ0v) is 22.6. The van der Waals surface area contributed by atoms with E-state index >= 15 is 0 Å². The van der Waals surface area contributed by atoms with E-state index in [1.54, 1.807) is 0 Å². The summed E-state index contributed by atoms with van der Waals surface area (Å²) in [5.74, 6) is 1.81. The van der Waals surface area contributed by atoms with Crippen molar-refractivity contribution >= 4 is 26.0 Å². The summed E-state index contributed by atoms with van der Waals surface area (Å²) in [5.41, 5.74) is 1.16. The van der Waals surface area contributed by atoms with E-state index in [4.69, 9.17) is 19.2 Å². The first-order valence-electron chi connectivity index (χ1n) is 12.4. The maximum Gasteiger partial charge on any atom is 0.132 e. The highest BCUT2D eigenvalue weighted by Crippen LogP contribution is 2.25. The Morgan fingerprint density at radius 3 is 2.65 bits per heavy atom. The summed E-state index contributed by atoms with van der Waals surface area (Å²) < 4.78 is 17.7. The SMILES string of the molecule is C[Si](C)(C)CCOCN1C=c2ccc(OCc3ccccc3)cc2=NC1CSC1CCOCC1. The Balaban J connectivity index is 1.45. The van der Waals surface area contributed by atoms with Gasteiger partial charge in [0.15, 0.2) is 0 Å². The average molecular weight is 499 g/mol. The van der Waals surface area contributed by atoms with E-state index in [1.807, 2.05) is 36.0 Å². The minimum absolute atomic E-state index is 0.0663. The second kappa shape index (κ2) is 12.2. The molecule has 34 heavy (non-hydrogen) atoms. The van der Waals surface area contributed by atoms with Crippen molar-refractivity contribution in [1.82, 2.24) is 4.90 Å². The minimum Gasteiger partial charge on any atom is -0.489 e. The van der Waals surface area contributed by atoms with Gasteiger partial charge in [-0.15, -0.1) is 0 Å². The van der Waals surface area contributed by atoms with Crippen molar-refractivity contribution in [2.45, 2.75) is 56.5 Å². The van der Waals surface area contributed by atoms with Gasteiger partial charge in [-0.05, 0) is 36.6 Å². The average Bonchev–Trinajstić information content (AvgIpc) is 2.84. The highest BCUT2D eigenvalue weighted by molar-refractivity contribution is 7.99. The number of fused-ring (bicyclic) bond motifs is 1. The van der Waals surface area contributed by atoms with Crippen LogP contribution in [0.25, 0.3) is 6.20 Å². The number of benzene rings is 2. The summed E-state index contributed by atoms with van der Waals surface area (Å²) in [5, 5.41) is 2.77. The molecule has 0 bridgehead atoms. The predicted octanol–water partition coefficient (Wildman–Crippen LogP) is 4.49. The van der Waals surface area contributed by atoms with Gasteiger partial charge in [0.2, 0.25) is 0 Å². The highest BCUT2D eigenvalue weighted by Gasteiger charge is 2.22. The quantitative estimate of drug-likeness (QED) is 0.337. The zero-order chi connectivity index (χ0) is 23.8. The van der Waals surface area contributed by atoms with Crippen LogP contribution in [-0.2, 0) is 16.1 Å². The van der Waals surface area contributed by atoms with Gasteiger partial charge in [0.05, 0.1) is 5.36 Å². The van der Waals surface area contributed by atoms with Crippen LogP contribution in [-0.4, -0.2) is 56.7 Å². The van der Waals surface area contributed by atoms with Gasteiger partial charge in [-0.3, -0.25) is 4.99 Å². The molecule has 0 aliphatic carbocycles.